The number of carbonyl (C=O) groups is 1. The molecule has 8 heteroatoms. The summed E-state index contributed by atoms with van der Waals surface area (Å²) in [6.45, 7) is 24.4. The molecule has 8 rings (SSSR count). The number of fused-ring (bicyclic) bond motifs is 7. The van der Waals surface area contributed by atoms with Crippen LogP contribution < -0.4 is 5.32 Å². The Hall–Kier alpha value is -2.78. The fourth-order valence-corrected chi connectivity index (χ4v) is 16.2. The fourth-order valence-electron chi connectivity index (χ4n) is 14.7. The standard InChI is InChI=1S/C48H67N3O4S/c1-33(2)37-19-24-48(49-27-28-50-29-31-51(32-30-50)56(54,55)36-11-9-8-10-12-36)26-25-46(6)39(42(37)48)17-18-41-45(5)22-20-38(34-13-15-35(16-14-34)43(52)53)44(3,4)40(45)21-23-47(41,46)7/h8-16,20,37,39-42,49H,1,17-19,21-32H2,2-7H3,(H,52,53). The Kier molecular flexibility index (Phi) is 10.1. The van der Waals surface area contributed by atoms with Gasteiger partial charge in [-0.05, 0) is 151 Å². The van der Waals surface area contributed by atoms with E-state index in [9.17, 15) is 18.3 Å². The van der Waals surface area contributed by atoms with Crippen LogP contribution in [0, 0.1) is 51.2 Å². The van der Waals surface area contributed by atoms with Gasteiger partial charge in [-0.25, -0.2) is 13.2 Å². The van der Waals surface area contributed by atoms with E-state index in [2.05, 4.69) is 64.4 Å². The van der Waals surface area contributed by atoms with Gasteiger partial charge in [0.15, 0.2) is 0 Å². The molecule has 9 unspecified atom stereocenters. The van der Waals surface area contributed by atoms with Crippen molar-refractivity contribution in [2.24, 2.45) is 51.2 Å². The molecule has 2 aromatic carbocycles. The Morgan fingerprint density at radius 3 is 2.20 bits per heavy atom. The van der Waals surface area contributed by atoms with Gasteiger partial charge in [0.25, 0.3) is 0 Å². The van der Waals surface area contributed by atoms with Crippen LogP contribution in [0.4, 0.5) is 0 Å². The topological polar surface area (TPSA) is 90.0 Å². The van der Waals surface area contributed by atoms with E-state index in [-0.39, 0.29) is 27.2 Å². The van der Waals surface area contributed by atoms with Gasteiger partial charge in [0.2, 0.25) is 10.0 Å². The summed E-state index contributed by atoms with van der Waals surface area (Å²) in [6.07, 6.45) is 13.7. The molecule has 0 bridgehead atoms. The number of allylic oxidation sites excluding steroid dienone is 3. The number of carboxylic acids is 1. The Morgan fingerprint density at radius 2 is 1.54 bits per heavy atom. The van der Waals surface area contributed by atoms with Crippen molar-refractivity contribution in [3.63, 3.8) is 0 Å². The number of piperazine rings is 1. The molecule has 1 aliphatic heterocycles. The van der Waals surface area contributed by atoms with Crippen molar-refractivity contribution >= 4 is 21.6 Å². The summed E-state index contributed by atoms with van der Waals surface area (Å²) in [5.41, 5.74) is 5.16. The molecule has 0 aromatic heterocycles. The maximum atomic E-state index is 13.3. The Labute approximate surface area is 337 Å². The fraction of sp³-hybridized carbons (Fsp3) is 0.646. The minimum Gasteiger partial charge on any atom is -0.478 e. The van der Waals surface area contributed by atoms with Gasteiger partial charge in [-0.2, -0.15) is 4.31 Å². The number of nitrogens with zero attached hydrogens (tertiary/aromatic N) is 2. The first kappa shape index (κ1) is 40.0. The quantitative estimate of drug-likeness (QED) is 0.247. The lowest BCUT2D eigenvalue weighted by atomic mass is 9.33. The molecule has 7 nitrogen and oxygen atoms in total. The first-order valence-electron chi connectivity index (χ1n) is 21.7. The van der Waals surface area contributed by atoms with Crippen LogP contribution in [-0.4, -0.2) is 73.5 Å². The average Bonchev–Trinajstić information content (AvgIpc) is 3.55. The van der Waals surface area contributed by atoms with Gasteiger partial charge in [-0.15, -0.1) is 0 Å². The van der Waals surface area contributed by atoms with Crippen molar-refractivity contribution in [2.45, 2.75) is 110 Å². The van der Waals surface area contributed by atoms with Crippen LogP contribution in [0.5, 0.6) is 0 Å². The lowest BCUT2D eigenvalue weighted by Gasteiger charge is -2.72. The monoisotopic (exact) mass is 781 g/mol. The third kappa shape index (κ3) is 6.13. The van der Waals surface area contributed by atoms with E-state index in [1.807, 2.05) is 18.2 Å². The molecule has 2 aromatic rings. The summed E-state index contributed by atoms with van der Waals surface area (Å²) in [7, 11) is -3.45. The van der Waals surface area contributed by atoms with Gasteiger partial charge in [-0.1, -0.05) is 83.2 Å². The second-order valence-electron chi connectivity index (χ2n) is 20.3. The maximum Gasteiger partial charge on any atom is 0.335 e. The zero-order valence-corrected chi connectivity index (χ0v) is 35.8. The Morgan fingerprint density at radius 1 is 0.839 bits per heavy atom. The minimum absolute atomic E-state index is 0.00174. The first-order valence-corrected chi connectivity index (χ1v) is 23.1. The molecule has 2 N–H and O–H groups in total. The molecule has 5 fully saturated rings. The van der Waals surface area contributed by atoms with Gasteiger partial charge in [-0.3, -0.25) is 4.90 Å². The second-order valence-corrected chi connectivity index (χ2v) is 22.2. The number of hydrogen-bond acceptors (Lipinski definition) is 5. The molecule has 304 valence electrons. The Bertz CT molecular complexity index is 1970. The number of hydrogen-bond donors (Lipinski definition) is 2. The second kappa shape index (κ2) is 14.2. The van der Waals surface area contributed by atoms with Crippen molar-refractivity contribution in [1.82, 2.24) is 14.5 Å². The molecule has 1 heterocycles. The Balaban J connectivity index is 0.985. The van der Waals surface area contributed by atoms with E-state index < -0.39 is 16.0 Å². The number of nitrogens with one attached hydrogen (secondary N) is 1. The van der Waals surface area contributed by atoms with Gasteiger partial charge >= 0.3 is 5.97 Å². The van der Waals surface area contributed by atoms with E-state index in [4.69, 9.17) is 0 Å². The zero-order valence-electron chi connectivity index (χ0n) is 34.9. The lowest BCUT2D eigenvalue weighted by molar-refractivity contribution is -0.219. The van der Waals surface area contributed by atoms with Gasteiger partial charge < -0.3 is 10.4 Å². The predicted molar refractivity (Wildman–Crippen MR) is 226 cm³/mol. The highest BCUT2D eigenvalue weighted by Gasteiger charge is 2.70. The molecule has 0 amide bonds. The molecule has 1 saturated heterocycles. The highest BCUT2D eigenvalue weighted by molar-refractivity contribution is 7.89. The molecular weight excluding hydrogens is 715 g/mol. The van der Waals surface area contributed by atoms with Gasteiger partial charge in [0.1, 0.15) is 0 Å². The van der Waals surface area contributed by atoms with E-state index in [1.54, 1.807) is 40.7 Å². The van der Waals surface area contributed by atoms with Crippen molar-refractivity contribution in [1.29, 1.82) is 0 Å². The summed E-state index contributed by atoms with van der Waals surface area (Å²) < 4.78 is 28.2. The lowest BCUT2D eigenvalue weighted by Crippen LogP contribution is -2.68. The van der Waals surface area contributed by atoms with Gasteiger partial charge in [0.05, 0.1) is 10.5 Å². The molecular formula is C48H67N3O4S. The normalized spacial score (nSPS) is 38.4. The zero-order chi connectivity index (χ0) is 39.9. The summed E-state index contributed by atoms with van der Waals surface area (Å²) in [6, 6.07) is 16.5. The van der Waals surface area contributed by atoms with Crippen LogP contribution in [-0.2, 0) is 10.0 Å². The number of sulfonamides is 1. The highest BCUT2D eigenvalue weighted by atomic mass is 32.2. The van der Waals surface area contributed by atoms with Crippen LogP contribution in [0.1, 0.15) is 115 Å². The van der Waals surface area contributed by atoms with E-state index >= 15 is 0 Å². The minimum atomic E-state index is -3.45. The van der Waals surface area contributed by atoms with Crippen LogP contribution in [0.2, 0.25) is 0 Å². The van der Waals surface area contributed by atoms with Crippen LogP contribution in [0.3, 0.4) is 0 Å². The first-order chi connectivity index (χ1) is 26.5. The number of rotatable bonds is 9. The molecule has 9 atom stereocenters. The number of aromatic carboxylic acids is 1. The highest BCUT2D eigenvalue weighted by Crippen LogP contribution is 2.76. The number of carboxylic acid groups (broad SMARTS) is 1. The largest absolute Gasteiger partial charge is 0.478 e. The molecule has 5 aliphatic carbocycles. The maximum absolute atomic E-state index is 13.3. The third-order valence-corrected chi connectivity index (χ3v) is 19.6. The molecule has 56 heavy (non-hydrogen) atoms. The smallest absolute Gasteiger partial charge is 0.335 e. The van der Waals surface area contributed by atoms with E-state index in [0.29, 0.717) is 53.1 Å². The van der Waals surface area contributed by atoms with Gasteiger partial charge in [0, 0.05) is 44.8 Å². The molecule has 0 radical (unpaired) electrons. The average molecular weight is 782 g/mol. The van der Waals surface area contributed by atoms with Crippen molar-refractivity contribution in [3.8, 4) is 0 Å². The number of benzene rings is 2. The third-order valence-electron chi connectivity index (χ3n) is 17.7. The molecule has 6 aliphatic rings. The van der Waals surface area contributed by atoms with Crippen LogP contribution in [0.25, 0.3) is 5.57 Å². The van der Waals surface area contributed by atoms with E-state index in [1.165, 1.54) is 68.1 Å². The predicted octanol–water partition coefficient (Wildman–Crippen LogP) is 9.38. The summed E-state index contributed by atoms with van der Waals surface area (Å²) >= 11 is 0. The van der Waals surface area contributed by atoms with Crippen molar-refractivity contribution in [3.05, 3.63) is 84.0 Å². The van der Waals surface area contributed by atoms with Crippen LogP contribution >= 0.6 is 0 Å². The van der Waals surface area contributed by atoms with Crippen LogP contribution in [0.15, 0.2) is 77.7 Å². The van der Waals surface area contributed by atoms with E-state index in [0.717, 1.165) is 32.6 Å². The van der Waals surface area contributed by atoms with Crippen molar-refractivity contribution < 1.29 is 18.3 Å². The summed E-state index contributed by atoms with van der Waals surface area (Å²) in [4.78, 5) is 14.4. The SMILES string of the molecule is C=C(C)C1CCC2(NCCN3CCN(S(=O)(=O)c4ccccc4)CC3)CCC3(C)C(CCC4C5(C)CC=C(c6ccc(C(=O)O)cc6)C(C)(C)C5CCC43C)C12. The summed E-state index contributed by atoms with van der Waals surface area (Å²) in [5, 5.41) is 13.8. The molecule has 0 spiro atoms. The molecule has 4 saturated carbocycles. The summed E-state index contributed by atoms with van der Waals surface area (Å²) in [5.74, 6) is 2.18. The van der Waals surface area contributed by atoms with Crippen molar-refractivity contribution in [2.75, 3.05) is 39.3 Å².